The summed E-state index contributed by atoms with van der Waals surface area (Å²) in [5.74, 6) is 0.589. The highest BCUT2D eigenvalue weighted by Gasteiger charge is 2.07. The Kier molecular flexibility index (Phi) is 3.54. The van der Waals surface area contributed by atoms with Crippen LogP contribution in [0.15, 0.2) is 12.1 Å². The van der Waals surface area contributed by atoms with Crippen molar-refractivity contribution in [3.05, 3.63) is 34.9 Å². The monoisotopic (exact) mass is 208 g/mol. The van der Waals surface area contributed by atoms with E-state index in [-0.39, 0.29) is 11.1 Å². The summed E-state index contributed by atoms with van der Waals surface area (Å²) in [6.07, 6.45) is 0.464. The molecular formula is C10H6F2OSi. The average molecular weight is 208 g/mol. The number of aldehydes is 1. The molecule has 0 atom stereocenters. The number of carbonyl (C=O) groups is 1. The Morgan fingerprint density at radius 3 is 2.57 bits per heavy atom. The van der Waals surface area contributed by atoms with Crippen molar-refractivity contribution in [1.29, 1.82) is 0 Å². The summed E-state index contributed by atoms with van der Waals surface area (Å²) in [5, 5.41) is 0. The second kappa shape index (κ2) is 4.68. The quantitative estimate of drug-likeness (QED) is 0.391. The Hall–Kier alpha value is -1.47. The first-order chi connectivity index (χ1) is 6.69. The molecule has 0 heterocycles. The van der Waals surface area contributed by atoms with Crippen LogP contribution in [0.2, 0.25) is 6.55 Å². The van der Waals surface area contributed by atoms with Crippen LogP contribution in [0.5, 0.6) is 0 Å². The summed E-state index contributed by atoms with van der Waals surface area (Å²) in [4.78, 5) is 10.5. The van der Waals surface area contributed by atoms with Gasteiger partial charge in [0, 0.05) is 11.1 Å². The largest absolute Gasteiger partial charge is 0.298 e. The minimum atomic E-state index is -1.03. The number of hydrogen-bond acceptors (Lipinski definition) is 1. The van der Waals surface area contributed by atoms with Crippen molar-refractivity contribution in [2.75, 3.05) is 0 Å². The van der Waals surface area contributed by atoms with Gasteiger partial charge in [-0.15, -0.1) is 5.54 Å². The molecular weight excluding hydrogens is 202 g/mol. The first-order valence-electron chi connectivity index (χ1n) is 3.81. The molecule has 0 aliphatic carbocycles. The number of halogens is 2. The van der Waals surface area contributed by atoms with E-state index >= 15 is 0 Å². The van der Waals surface area contributed by atoms with Crippen LogP contribution in [0.3, 0.4) is 0 Å². The molecule has 0 bridgehead atoms. The Morgan fingerprint density at radius 2 is 2.00 bits per heavy atom. The van der Waals surface area contributed by atoms with E-state index in [1.807, 2.05) is 6.55 Å². The molecule has 0 N–H and O–H groups in total. The van der Waals surface area contributed by atoms with Gasteiger partial charge in [-0.05, 0) is 12.1 Å². The van der Waals surface area contributed by atoms with Crippen molar-refractivity contribution in [2.45, 2.75) is 6.55 Å². The lowest BCUT2D eigenvalue weighted by molar-refractivity contribution is 0.112. The molecule has 0 aromatic heterocycles. The zero-order chi connectivity index (χ0) is 10.6. The van der Waals surface area contributed by atoms with Gasteiger partial charge in [-0.25, -0.2) is 8.78 Å². The van der Waals surface area contributed by atoms with Crippen molar-refractivity contribution in [1.82, 2.24) is 0 Å². The molecule has 1 nitrogen and oxygen atoms in total. The van der Waals surface area contributed by atoms with E-state index in [2.05, 4.69) is 11.5 Å². The number of benzene rings is 1. The second-order valence-electron chi connectivity index (χ2n) is 2.47. The standard InChI is InChI=1S/C10H6F2OSi/c1-14-3-2-7-4-9(11)10(12)5-8(7)6-13/h4-6H,1H3. The molecule has 2 radical (unpaired) electrons. The molecule has 70 valence electrons. The Morgan fingerprint density at radius 1 is 1.36 bits per heavy atom. The molecule has 0 spiro atoms. The van der Waals surface area contributed by atoms with Gasteiger partial charge in [-0.3, -0.25) is 4.79 Å². The van der Waals surface area contributed by atoms with E-state index < -0.39 is 11.6 Å². The van der Waals surface area contributed by atoms with Gasteiger partial charge >= 0.3 is 0 Å². The fourth-order valence-electron chi connectivity index (χ4n) is 0.898. The van der Waals surface area contributed by atoms with Crippen LogP contribution in [-0.2, 0) is 0 Å². The second-order valence-corrected chi connectivity index (χ2v) is 3.22. The highest BCUT2D eigenvalue weighted by Crippen LogP contribution is 2.12. The van der Waals surface area contributed by atoms with Crippen molar-refractivity contribution in [3.8, 4) is 11.5 Å². The topological polar surface area (TPSA) is 17.1 Å². The van der Waals surface area contributed by atoms with Crippen molar-refractivity contribution < 1.29 is 13.6 Å². The predicted octanol–water partition coefficient (Wildman–Crippen LogP) is 1.84. The molecule has 1 aromatic carbocycles. The van der Waals surface area contributed by atoms with Crippen LogP contribution < -0.4 is 0 Å². The molecule has 0 fully saturated rings. The van der Waals surface area contributed by atoms with Crippen LogP contribution in [0.1, 0.15) is 15.9 Å². The third-order valence-corrected chi connectivity index (χ3v) is 1.92. The summed E-state index contributed by atoms with van der Waals surface area (Å²) in [7, 11) is 0.382. The number of carbonyl (C=O) groups excluding carboxylic acids is 1. The zero-order valence-corrected chi connectivity index (χ0v) is 8.40. The summed E-state index contributed by atoms with van der Waals surface area (Å²) in [6.45, 7) is 1.85. The molecule has 0 amide bonds. The average Bonchev–Trinajstić information content (AvgIpc) is 2.19. The maximum absolute atomic E-state index is 12.8. The molecule has 0 aliphatic heterocycles. The molecule has 4 heteroatoms. The van der Waals surface area contributed by atoms with E-state index in [0.717, 1.165) is 12.1 Å². The van der Waals surface area contributed by atoms with Crippen LogP contribution in [0.4, 0.5) is 8.78 Å². The van der Waals surface area contributed by atoms with Crippen molar-refractivity contribution >= 4 is 15.8 Å². The van der Waals surface area contributed by atoms with Gasteiger partial charge in [0.05, 0.1) is 0 Å². The molecule has 0 aliphatic rings. The number of hydrogen-bond donors (Lipinski definition) is 0. The summed E-state index contributed by atoms with van der Waals surface area (Å²) < 4.78 is 25.5. The van der Waals surface area contributed by atoms with Gasteiger partial charge in [0.2, 0.25) is 0 Å². The van der Waals surface area contributed by atoms with Crippen molar-refractivity contribution in [2.24, 2.45) is 0 Å². The van der Waals surface area contributed by atoms with Gasteiger partial charge < -0.3 is 0 Å². The lowest BCUT2D eigenvalue weighted by atomic mass is 10.1. The molecule has 1 rings (SSSR count). The molecule has 1 aromatic rings. The van der Waals surface area contributed by atoms with Crippen LogP contribution >= 0.6 is 0 Å². The summed E-state index contributed by atoms with van der Waals surface area (Å²) >= 11 is 0. The predicted molar refractivity (Wildman–Crippen MR) is 50.2 cm³/mol. The molecule has 14 heavy (non-hydrogen) atoms. The minimum absolute atomic E-state index is 0.0784. The van der Waals surface area contributed by atoms with Gasteiger partial charge in [0.1, 0.15) is 9.52 Å². The normalized spacial score (nSPS) is 9.07. The smallest absolute Gasteiger partial charge is 0.160 e. The van der Waals surface area contributed by atoms with Crippen molar-refractivity contribution in [3.63, 3.8) is 0 Å². The van der Waals surface area contributed by atoms with E-state index in [0.29, 0.717) is 15.8 Å². The van der Waals surface area contributed by atoms with Gasteiger partial charge in [0.25, 0.3) is 0 Å². The fourth-order valence-corrected chi connectivity index (χ4v) is 1.16. The lowest BCUT2D eigenvalue weighted by Crippen LogP contribution is -1.93. The zero-order valence-electron chi connectivity index (χ0n) is 7.40. The fraction of sp³-hybridized carbons (Fsp3) is 0.100. The lowest BCUT2D eigenvalue weighted by Gasteiger charge is -1.98. The first kappa shape index (κ1) is 10.6. The van der Waals surface area contributed by atoms with E-state index in [4.69, 9.17) is 0 Å². The van der Waals surface area contributed by atoms with E-state index in [1.165, 1.54) is 0 Å². The van der Waals surface area contributed by atoms with Crippen LogP contribution in [0.25, 0.3) is 0 Å². The Bertz CT molecular complexity index is 418. The van der Waals surface area contributed by atoms with E-state index in [1.54, 1.807) is 0 Å². The van der Waals surface area contributed by atoms with Gasteiger partial charge in [-0.2, -0.15) is 0 Å². The third kappa shape index (κ3) is 2.27. The molecule has 0 unspecified atom stereocenters. The van der Waals surface area contributed by atoms with Gasteiger partial charge in [0.15, 0.2) is 17.9 Å². The van der Waals surface area contributed by atoms with Gasteiger partial charge in [-0.1, -0.05) is 12.5 Å². The maximum atomic E-state index is 12.8. The highest BCUT2D eigenvalue weighted by molar-refractivity contribution is 6.44. The Labute approximate surface area is 83.0 Å². The SMILES string of the molecule is C[Si]C#Cc1cc(F)c(F)cc1C=O. The summed E-state index contributed by atoms with van der Waals surface area (Å²) in [6, 6.07) is 1.79. The molecule has 0 saturated carbocycles. The number of rotatable bonds is 1. The first-order valence-corrected chi connectivity index (χ1v) is 5.31. The van der Waals surface area contributed by atoms with Crippen LogP contribution in [-0.4, -0.2) is 15.8 Å². The summed E-state index contributed by atoms with van der Waals surface area (Å²) in [5.41, 5.74) is 3.02. The minimum Gasteiger partial charge on any atom is -0.298 e. The third-order valence-electron chi connectivity index (χ3n) is 1.54. The van der Waals surface area contributed by atoms with E-state index in [9.17, 15) is 13.6 Å². The Balaban J connectivity index is 3.27. The molecule has 0 saturated heterocycles. The highest BCUT2D eigenvalue weighted by atomic mass is 28.2. The van der Waals surface area contributed by atoms with Crippen LogP contribution in [0, 0.1) is 23.1 Å². The maximum Gasteiger partial charge on any atom is 0.160 e.